The first-order chi connectivity index (χ1) is 23.4. The number of cyclic esters (lactones) is 1. The minimum absolute atomic E-state index is 0.111. The van der Waals surface area contributed by atoms with Gasteiger partial charge in [-0.1, -0.05) is 80.6 Å². The minimum Gasteiger partial charge on any atom is -0.455 e. The first kappa shape index (κ1) is 34.6. The molecule has 2 saturated heterocycles. The van der Waals surface area contributed by atoms with E-state index < -0.39 is 59.6 Å². The van der Waals surface area contributed by atoms with Crippen LogP contribution in [0.15, 0.2) is 72.8 Å². The number of hydrogen-bond donors (Lipinski definition) is 1. The highest BCUT2D eigenvalue weighted by Crippen LogP contribution is 2.57. The van der Waals surface area contributed by atoms with Gasteiger partial charge in [0.05, 0.1) is 30.7 Å². The van der Waals surface area contributed by atoms with Gasteiger partial charge in [-0.2, -0.15) is 0 Å². The number of aryl methyl sites for hydroxylation is 2. The molecule has 4 heterocycles. The highest BCUT2D eigenvalue weighted by Gasteiger charge is 2.74. The normalized spacial score (nSPS) is 31.8. The van der Waals surface area contributed by atoms with Gasteiger partial charge in [0.1, 0.15) is 23.7 Å². The van der Waals surface area contributed by atoms with Gasteiger partial charge in [-0.15, -0.1) is 0 Å². The monoisotopic (exact) mass is 669 g/mol. The molecule has 10 nitrogen and oxygen atoms in total. The molecule has 2 aromatic carbocycles. The number of likely N-dealkylation sites (N-methyl/N-ethyl adjacent to an activating group) is 1. The molecule has 1 N–H and O–H groups in total. The third-order valence-electron chi connectivity index (χ3n) is 10.8. The van der Waals surface area contributed by atoms with E-state index in [9.17, 15) is 19.5 Å². The molecule has 10 heteroatoms. The number of aliphatic hydroxyl groups is 1. The first-order valence-electron chi connectivity index (χ1n) is 17.3. The summed E-state index contributed by atoms with van der Waals surface area (Å²) >= 11 is 0. The SMILES string of the molecule is Cc1ccc(C)c(N2C/C=C\CCC(=O)N(C)[C@@H](C)[C@H](c3ccccc3)OC(=O)[C@@H]3[C@H]4C(=O)N([C@@H](CO)C(C)C)[C@H](C2=O)[C@]42C=C[C@H]3O2)c1. The number of aliphatic hydroxyl groups excluding tert-OH is 1. The van der Waals surface area contributed by atoms with Crippen LogP contribution in [-0.2, 0) is 28.7 Å². The van der Waals surface area contributed by atoms with Gasteiger partial charge in [0.15, 0.2) is 0 Å². The fourth-order valence-corrected chi connectivity index (χ4v) is 8.00. The second kappa shape index (κ2) is 13.6. The van der Waals surface area contributed by atoms with Crippen LogP contribution < -0.4 is 4.90 Å². The maximum Gasteiger partial charge on any atom is 0.313 e. The molecule has 3 amide bonds. The summed E-state index contributed by atoms with van der Waals surface area (Å²) in [6, 6.07) is 12.8. The van der Waals surface area contributed by atoms with Crippen molar-refractivity contribution in [2.24, 2.45) is 17.8 Å². The van der Waals surface area contributed by atoms with Crippen LogP contribution in [0.3, 0.4) is 0 Å². The smallest absolute Gasteiger partial charge is 0.313 e. The summed E-state index contributed by atoms with van der Waals surface area (Å²) in [5.41, 5.74) is 1.79. The van der Waals surface area contributed by atoms with E-state index in [1.165, 1.54) is 4.90 Å². The summed E-state index contributed by atoms with van der Waals surface area (Å²) in [5.74, 6) is -3.82. The van der Waals surface area contributed by atoms with E-state index in [1.807, 2.05) is 95.3 Å². The Labute approximate surface area is 288 Å². The number of rotatable bonds is 5. The highest BCUT2D eigenvalue weighted by molar-refractivity contribution is 6.06. The molecule has 5 bridgehead atoms. The van der Waals surface area contributed by atoms with Crippen molar-refractivity contribution in [1.82, 2.24) is 9.80 Å². The molecule has 0 radical (unpaired) electrons. The first-order valence-corrected chi connectivity index (χ1v) is 17.3. The van der Waals surface area contributed by atoms with E-state index in [4.69, 9.17) is 9.47 Å². The summed E-state index contributed by atoms with van der Waals surface area (Å²) in [4.78, 5) is 62.5. The summed E-state index contributed by atoms with van der Waals surface area (Å²) in [7, 11) is 1.71. The van der Waals surface area contributed by atoms with E-state index in [0.717, 1.165) is 11.1 Å². The number of carbonyl (C=O) groups excluding carboxylic acids is 4. The average molecular weight is 670 g/mol. The molecular weight excluding hydrogens is 622 g/mol. The van der Waals surface area contributed by atoms with Crippen LogP contribution in [0.5, 0.6) is 0 Å². The number of allylic oxidation sites excluding steroid dienone is 1. The van der Waals surface area contributed by atoms with E-state index in [2.05, 4.69) is 0 Å². The van der Waals surface area contributed by atoms with Crippen molar-refractivity contribution < 1.29 is 33.8 Å². The Kier molecular flexibility index (Phi) is 9.57. The molecule has 4 aliphatic rings. The van der Waals surface area contributed by atoms with Gasteiger partial charge >= 0.3 is 5.97 Å². The zero-order valence-electron chi connectivity index (χ0n) is 29.1. The van der Waals surface area contributed by atoms with Crippen molar-refractivity contribution >= 4 is 29.4 Å². The van der Waals surface area contributed by atoms with Crippen molar-refractivity contribution in [3.63, 3.8) is 0 Å². The molecule has 0 saturated carbocycles. The molecule has 0 aromatic heterocycles. The van der Waals surface area contributed by atoms with Gasteiger partial charge in [-0.3, -0.25) is 19.2 Å². The van der Waals surface area contributed by atoms with Gasteiger partial charge < -0.3 is 29.3 Å². The maximum absolute atomic E-state index is 15.2. The predicted octanol–water partition coefficient (Wildman–Crippen LogP) is 4.29. The van der Waals surface area contributed by atoms with Crippen LogP contribution >= 0.6 is 0 Å². The molecule has 49 heavy (non-hydrogen) atoms. The fraction of sp³-hybridized carbons (Fsp3) is 0.487. The lowest BCUT2D eigenvalue weighted by atomic mass is 9.74. The molecule has 260 valence electrons. The quantitative estimate of drug-likeness (QED) is 0.373. The van der Waals surface area contributed by atoms with Crippen LogP contribution in [0.2, 0.25) is 0 Å². The second-order valence-corrected chi connectivity index (χ2v) is 14.2. The molecule has 2 aromatic rings. The molecule has 0 aliphatic carbocycles. The lowest BCUT2D eigenvalue weighted by Gasteiger charge is -2.40. The van der Waals surface area contributed by atoms with Crippen LogP contribution in [-0.4, -0.2) is 88.6 Å². The third-order valence-corrected chi connectivity index (χ3v) is 10.8. The van der Waals surface area contributed by atoms with Crippen LogP contribution in [0, 0.1) is 31.6 Å². The Balaban J connectivity index is 1.51. The van der Waals surface area contributed by atoms with E-state index >= 15 is 4.79 Å². The summed E-state index contributed by atoms with van der Waals surface area (Å²) in [6.07, 6.45) is 6.37. The Morgan fingerprint density at radius 2 is 1.73 bits per heavy atom. The Morgan fingerprint density at radius 3 is 2.43 bits per heavy atom. The van der Waals surface area contributed by atoms with E-state index in [1.54, 1.807) is 29.0 Å². The molecule has 1 spiro atoms. The van der Waals surface area contributed by atoms with Gasteiger partial charge in [-0.05, 0) is 55.9 Å². The van der Waals surface area contributed by atoms with Gasteiger partial charge in [0.2, 0.25) is 11.8 Å². The number of carbonyl (C=O) groups is 4. The van der Waals surface area contributed by atoms with Gasteiger partial charge in [0.25, 0.3) is 5.91 Å². The van der Waals surface area contributed by atoms with Crippen LogP contribution in [0.1, 0.15) is 56.4 Å². The lowest BCUT2D eigenvalue weighted by molar-refractivity contribution is -0.164. The number of hydrogen-bond acceptors (Lipinski definition) is 7. The zero-order valence-corrected chi connectivity index (χ0v) is 29.1. The number of fused-ring (bicyclic) bond motifs is 2. The summed E-state index contributed by atoms with van der Waals surface area (Å²) < 4.78 is 12.9. The largest absolute Gasteiger partial charge is 0.455 e. The van der Waals surface area contributed by atoms with E-state index in [0.29, 0.717) is 17.7 Å². The zero-order chi connectivity index (χ0) is 35.2. The number of likely N-dealkylation sites (tertiary alicyclic amines) is 1. The number of nitrogens with zero attached hydrogens (tertiary/aromatic N) is 3. The number of esters is 1. The van der Waals surface area contributed by atoms with Gasteiger partial charge in [0, 0.05) is 25.7 Å². The van der Waals surface area contributed by atoms with Crippen LogP contribution in [0.4, 0.5) is 5.69 Å². The Bertz CT molecular complexity index is 1670. The number of anilines is 1. The Morgan fingerprint density at radius 1 is 1.00 bits per heavy atom. The topological polar surface area (TPSA) is 117 Å². The maximum atomic E-state index is 15.2. The molecule has 8 atom stereocenters. The van der Waals surface area contributed by atoms with Crippen molar-refractivity contribution in [1.29, 1.82) is 0 Å². The highest BCUT2D eigenvalue weighted by atomic mass is 16.6. The predicted molar refractivity (Wildman–Crippen MR) is 184 cm³/mol. The van der Waals surface area contributed by atoms with Gasteiger partial charge in [-0.25, -0.2) is 0 Å². The second-order valence-electron chi connectivity index (χ2n) is 14.2. The standard InChI is InChI=1S/C39H47N3O7/c1-23(2)29(22-43)42-35-37(46)41(28-21-24(3)16-17-25(28)4)20-12-8-11-15-31(44)40(6)26(5)34(27-13-9-7-10-14-27)48-38(47)32-30-18-19-39(35,49-30)33(32)36(42)45/h7-10,12-14,16-19,21,23,26,29-30,32-35,43H,11,15,20,22H2,1-6H3/b12-8-/t26-,29-,30+,32-,33-,34+,35+,39-/m0/s1. The number of amides is 3. The minimum atomic E-state index is -1.45. The molecule has 6 rings (SSSR count). The summed E-state index contributed by atoms with van der Waals surface area (Å²) in [5, 5.41) is 10.7. The van der Waals surface area contributed by atoms with Crippen LogP contribution in [0.25, 0.3) is 0 Å². The third kappa shape index (κ3) is 5.88. The molecule has 4 aliphatic heterocycles. The van der Waals surface area contributed by atoms with E-state index in [-0.39, 0.29) is 37.3 Å². The molecular formula is C39H47N3O7. The number of ether oxygens (including phenoxy) is 2. The number of benzene rings is 2. The van der Waals surface area contributed by atoms with Crippen molar-refractivity contribution in [2.45, 2.75) is 83.4 Å². The van der Waals surface area contributed by atoms with Crippen molar-refractivity contribution in [2.75, 3.05) is 25.1 Å². The van der Waals surface area contributed by atoms with Crippen molar-refractivity contribution in [3.05, 3.63) is 89.5 Å². The average Bonchev–Trinajstić information content (AvgIpc) is 3.73. The fourth-order valence-electron chi connectivity index (χ4n) is 8.00. The Hall–Kier alpha value is -4.28. The molecule has 0 unspecified atom stereocenters. The molecule has 2 fully saturated rings. The van der Waals surface area contributed by atoms with Crippen molar-refractivity contribution in [3.8, 4) is 0 Å². The summed E-state index contributed by atoms with van der Waals surface area (Å²) in [6.45, 7) is 9.34. The lowest BCUT2D eigenvalue weighted by Crippen LogP contribution is -2.59.